The Hall–Kier alpha value is -2.80. The van der Waals surface area contributed by atoms with E-state index in [4.69, 9.17) is 4.74 Å². The summed E-state index contributed by atoms with van der Waals surface area (Å²) in [6.45, 7) is 3.45. The van der Waals surface area contributed by atoms with Gasteiger partial charge in [0.1, 0.15) is 17.4 Å². The molecule has 1 aliphatic heterocycles. The zero-order valence-corrected chi connectivity index (χ0v) is 13.3. The molecule has 0 N–H and O–H groups in total. The molecule has 0 unspecified atom stereocenters. The number of amides is 1. The van der Waals surface area contributed by atoms with E-state index in [0.717, 1.165) is 17.0 Å². The van der Waals surface area contributed by atoms with Gasteiger partial charge in [0.05, 0.1) is 25.0 Å². The number of ether oxygens (including phenoxy) is 1. The molecule has 4 rings (SSSR count). The van der Waals surface area contributed by atoms with Crippen LogP contribution < -0.4 is 0 Å². The van der Waals surface area contributed by atoms with Gasteiger partial charge in [-0.2, -0.15) is 0 Å². The molecule has 1 atom stereocenters. The van der Waals surface area contributed by atoms with E-state index in [1.54, 1.807) is 29.7 Å². The van der Waals surface area contributed by atoms with Crippen LogP contribution in [0.25, 0.3) is 5.65 Å². The quantitative estimate of drug-likeness (QED) is 0.717. The smallest absolute Gasteiger partial charge is 0.274 e. The van der Waals surface area contributed by atoms with Gasteiger partial charge in [-0.1, -0.05) is 6.07 Å². The molecule has 4 heterocycles. The van der Waals surface area contributed by atoms with Gasteiger partial charge in [0.2, 0.25) is 0 Å². The zero-order valence-electron chi connectivity index (χ0n) is 13.3. The Kier molecular flexibility index (Phi) is 3.70. The zero-order chi connectivity index (χ0) is 16.5. The summed E-state index contributed by atoms with van der Waals surface area (Å²) in [6, 6.07) is 5.82. The van der Waals surface area contributed by atoms with Crippen molar-refractivity contribution < 1.29 is 9.53 Å². The lowest BCUT2D eigenvalue weighted by Crippen LogP contribution is -2.42. The Balaban J connectivity index is 1.58. The van der Waals surface area contributed by atoms with Gasteiger partial charge in [-0.25, -0.2) is 4.98 Å². The molecule has 0 spiro atoms. The molecule has 1 saturated heterocycles. The SMILES string of the molecule is Cc1cccc2nc(C(=O)N3CCO[C@@H](c4cnccn4)C3)cn12. The first kappa shape index (κ1) is 14.8. The second-order valence-electron chi connectivity index (χ2n) is 5.76. The maximum Gasteiger partial charge on any atom is 0.274 e. The van der Waals surface area contributed by atoms with Crippen molar-refractivity contribution in [2.24, 2.45) is 0 Å². The fourth-order valence-electron chi connectivity index (χ4n) is 2.90. The fourth-order valence-corrected chi connectivity index (χ4v) is 2.90. The number of carbonyl (C=O) groups excluding carboxylic acids is 1. The third kappa shape index (κ3) is 2.63. The summed E-state index contributed by atoms with van der Waals surface area (Å²) in [5.41, 5.74) is 3.00. The molecule has 0 saturated carbocycles. The lowest BCUT2D eigenvalue weighted by atomic mass is 10.2. The first-order valence-electron chi connectivity index (χ1n) is 7.84. The number of carbonyl (C=O) groups is 1. The average molecular weight is 323 g/mol. The highest BCUT2D eigenvalue weighted by molar-refractivity contribution is 5.93. The minimum atomic E-state index is -0.254. The molecule has 1 aliphatic rings. The molecule has 24 heavy (non-hydrogen) atoms. The predicted molar refractivity (Wildman–Crippen MR) is 86.6 cm³/mol. The van der Waals surface area contributed by atoms with Crippen molar-refractivity contribution in [3.05, 3.63) is 60.1 Å². The van der Waals surface area contributed by atoms with Crippen LogP contribution in [-0.4, -0.2) is 49.9 Å². The predicted octanol–water partition coefficient (Wildman–Crippen LogP) is 1.65. The molecule has 0 aliphatic carbocycles. The summed E-state index contributed by atoms with van der Waals surface area (Å²) in [7, 11) is 0. The highest BCUT2D eigenvalue weighted by atomic mass is 16.5. The molecular weight excluding hydrogens is 306 g/mol. The van der Waals surface area contributed by atoms with Crippen LogP contribution in [0.4, 0.5) is 0 Å². The maximum absolute atomic E-state index is 12.8. The number of morpholine rings is 1. The molecule has 122 valence electrons. The van der Waals surface area contributed by atoms with Crippen LogP contribution in [0.1, 0.15) is 28.0 Å². The second-order valence-corrected chi connectivity index (χ2v) is 5.76. The van der Waals surface area contributed by atoms with Gasteiger partial charge in [-0.05, 0) is 19.1 Å². The summed E-state index contributed by atoms with van der Waals surface area (Å²) in [5, 5.41) is 0. The summed E-state index contributed by atoms with van der Waals surface area (Å²) in [6.07, 6.45) is 6.46. The van der Waals surface area contributed by atoms with E-state index in [2.05, 4.69) is 15.0 Å². The number of aromatic nitrogens is 4. The van der Waals surface area contributed by atoms with Crippen molar-refractivity contribution in [3.8, 4) is 0 Å². The number of aryl methyl sites for hydroxylation is 1. The van der Waals surface area contributed by atoms with Gasteiger partial charge in [0.25, 0.3) is 5.91 Å². The molecule has 0 bridgehead atoms. The first-order valence-corrected chi connectivity index (χ1v) is 7.84. The third-order valence-corrected chi connectivity index (χ3v) is 4.18. The van der Waals surface area contributed by atoms with Crippen LogP contribution >= 0.6 is 0 Å². The number of nitrogens with zero attached hydrogens (tertiary/aromatic N) is 5. The van der Waals surface area contributed by atoms with E-state index in [0.29, 0.717) is 25.4 Å². The summed E-state index contributed by atoms with van der Waals surface area (Å²) in [5.74, 6) is -0.0877. The number of hydrogen-bond donors (Lipinski definition) is 0. The van der Waals surface area contributed by atoms with Crippen molar-refractivity contribution in [2.45, 2.75) is 13.0 Å². The average Bonchev–Trinajstić information content (AvgIpc) is 3.08. The lowest BCUT2D eigenvalue weighted by Gasteiger charge is -2.32. The Morgan fingerprint density at radius 3 is 3.04 bits per heavy atom. The van der Waals surface area contributed by atoms with Crippen LogP contribution in [0, 0.1) is 6.92 Å². The monoisotopic (exact) mass is 323 g/mol. The Labute approximate surface area is 138 Å². The van der Waals surface area contributed by atoms with Crippen LogP contribution in [-0.2, 0) is 4.74 Å². The van der Waals surface area contributed by atoms with Gasteiger partial charge in [-0.15, -0.1) is 0 Å². The highest BCUT2D eigenvalue weighted by Crippen LogP contribution is 2.21. The molecule has 0 aromatic carbocycles. The van der Waals surface area contributed by atoms with Crippen molar-refractivity contribution in [1.29, 1.82) is 0 Å². The molecule has 3 aromatic rings. The Morgan fingerprint density at radius 2 is 2.25 bits per heavy atom. The number of imidazole rings is 1. The van der Waals surface area contributed by atoms with Crippen LogP contribution in [0.15, 0.2) is 43.0 Å². The third-order valence-electron chi connectivity index (χ3n) is 4.18. The number of rotatable bonds is 2. The largest absolute Gasteiger partial charge is 0.368 e. The van der Waals surface area contributed by atoms with E-state index in [1.807, 2.05) is 29.5 Å². The van der Waals surface area contributed by atoms with Gasteiger partial charge >= 0.3 is 0 Å². The minimum Gasteiger partial charge on any atom is -0.368 e. The van der Waals surface area contributed by atoms with Crippen LogP contribution in [0.5, 0.6) is 0 Å². The number of pyridine rings is 1. The van der Waals surface area contributed by atoms with Gasteiger partial charge in [0.15, 0.2) is 0 Å². The van der Waals surface area contributed by atoms with Crippen LogP contribution in [0.3, 0.4) is 0 Å². The molecule has 1 fully saturated rings. The minimum absolute atomic E-state index is 0.0877. The van der Waals surface area contributed by atoms with Gasteiger partial charge < -0.3 is 14.0 Å². The van der Waals surface area contributed by atoms with E-state index in [1.165, 1.54) is 0 Å². The van der Waals surface area contributed by atoms with E-state index in [-0.39, 0.29) is 12.0 Å². The summed E-state index contributed by atoms with van der Waals surface area (Å²) >= 11 is 0. The maximum atomic E-state index is 12.8. The number of fused-ring (bicyclic) bond motifs is 1. The van der Waals surface area contributed by atoms with Crippen molar-refractivity contribution >= 4 is 11.6 Å². The van der Waals surface area contributed by atoms with Gasteiger partial charge in [0, 0.05) is 30.8 Å². The second kappa shape index (κ2) is 6.01. The first-order chi connectivity index (χ1) is 11.7. The molecule has 7 nitrogen and oxygen atoms in total. The molecule has 1 amide bonds. The van der Waals surface area contributed by atoms with E-state index >= 15 is 0 Å². The van der Waals surface area contributed by atoms with Crippen molar-refractivity contribution in [1.82, 2.24) is 24.3 Å². The molecule has 3 aromatic heterocycles. The highest BCUT2D eigenvalue weighted by Gasteiger charge is 2.28. The van der Waals surface area contributed by atoms with Gasteiger partial charge in [-0.3, -0.25) is 14.8 Å². The summed E-state index contributed by atoms with van der Waals surface area (Å²) in [4.78, 5) is 27.4. The molecule has 0 radical (unpaired) electrons. The van der Waals surface area contributed by atoms with Crippen LogP contribution in [0.2, 0.25) is 0 Å². The standard InChI is InChI=1S/C17H17N5O2/c1-12-3-2-4-16-20-14(10-22(12)16)17(23)21-7-8-24-15(11-21)13-9-18-5-6-19-13/h2-6,9-10,15H,7-8,11H2,1H3/t15-/m1/s1. The Morgan fingerprint density at radius 1 is 1.33 bits per heavy atom. The van der Waals surface area contributed by atoms with E-state index in [9.17, 15) is 4.79 Å². The molecular formula is C17H17N5O2. The number of hydrogen-bond acceptors (Lipinski definition) is 5. The van der Waals surface area contributed by atoms with Crippen molar-refractivity contribution in [3.63, 3.8) is 0 Å². The normalized spacial score (nSPS) is 18.0. The summed E-state index contributed by atoms with van der Waals surface area (Å²) < 4.78 is 7.66. The Bertz CT molecular complexity index is 877. The lowest BCUT2D eigenvalue weighted by molar-refractivity contribution is -0.0250. The topological polar surface area (TPSA) is 72.6 Å². The fraction of sp³-hybridized carbons (Fsp3) is 0.294. The van der Waals surface area contributed by atoms with E-state index < -0.39 is 0 Å². The molecule has 7 heteroatoms. The van der Waals surface area contributed by atoms with Crippen molar-refractivity contribution in [2.75, 3.05) is 19.7 Å².